The van der Waals surface area contributed by atoms with Crippen molar-refractivity contribution < 1.29 is 37.3 Å². The van der Waals surface area contributed by atoms with Gasteiger partial charge in [-0.15, -0.1) is 13.2 Å². The highest BCUT2D eigenvalue weighted by atomic mass is 19.4. The number of hydrogen-bond donors (Lipinski definition) is 1. The van der Waals surface area contributed by atoms with Gasteiger partial charge in [0.2, 0.25) is 0 Å². The zero-order valence-electron chi connectivity index (χ0n) is 20.0. The first-order valence-electron chi connectivity index (χ1n) is 11.4. The predicted molar refractivity (Wildman–Crippen MR) is 129 cm³/mol. The lowest BCUT2D eigenvalue weighted by atomic mass is 9.95. The standard InChI is InChI=1S/C27H23F3N2O5/c1-3-12-36-21-10-9-17(13-16(21)2)24(33)22-23(18-6-5-11-31-15-18)32(26(35)25(22)34)19-7-4-8-20(14-19)37-27(28,29)30/h4-11,13-15,23,33H,3,12H2,1-2H3/b24-22+. The average molecular weight is 512 g/mol. The molecule has 1 aromatic heterocycles. The molecule has 1 aliphatic rings. The van der Waals surface area contributed by atoms with Crippen molar-refractivity contribution in [3.63, 3.8) is 0 Å². The number of carbonyl (C=O) groups excluding carboxylic acids is 2. The van der Waals surface area contributed by atoms with Crippen molar-refractivity contribution in [2.24, 2.45) is 0 Å². The molecule has 1 fully saturated rings. The smallest absolute Gasteiger partial charge is 0.507 e. The second kappa shape index (κ2) is 10.3. The number of aromatic nitrogens is 1. The van der Waals surface area contributed by atoms with Gasteiger partial charge in [-0.3, -0.25) is 19.5 Å². The van der Waals surface area contributed by atoms with E-state index in [2.05, 4.69) is 9.72 Å². The summed E-state index contributed by atoms with van der Waals surface area (Å²) in [7, 11) is 0. The number of nitrogens with zero attached hydrogens (tertiary/aromatic N) is 2. The van der Waals surface area contributed by atoms with E-state index in [-0.39, 0.29) is 16.8 Å². The van der Waals surface area contributed by atoms with E-state index in [4.69, 9.17) is 4.74 Å². The molecule has 1 amide bonds. The van der Waals surface area contributed by atoms with Gasteiger partial charge in [0.25, 0.3) is 11.7 Å². The molecule has 1 saturated heterocycles. The van der Waals surface area contributed by atoms with Gasteiger partial charge in [0.05, 0.1) is 18.2 Å². The molecule has 0 spiro atoms. The second-order valence-electron chi connectivity index (χ2n) is 8.33. The predicted octanol–water partition coefficient (Wildman–Crippen LogP) is 5.70. The Bertz CT molecular complexity index is 1360. The van der Waals surface area contributed by atoms with E-state index in [1.54, 1.807) is 37.3 Å². The van der Waals surface area contributed by atoms with Crippen molar-refractivity contribution in [3.05, 3.63) is 89.3 Å². The first kappa shape index (κ1) is 25.7. The zero-order valence-corrected chi connectivity index (χ0v) is 20.0. The van der Waals surface area contributed by atoms with Crippen LogP contribution in [0, 0.1) is 6.92 Å². The summed E-state index contributed by atoms with van der Waals surface area (Å²) in [4.78, 5) is 31.5. The number of aliphatic hydroxyl groups excluding tert-OH is 1. The lowest BCUT2D eigenvalue weighted by molar-refractivity contribution is -0.274. The molecule has 1 atom stereocenters. The van der Waals surface area contributed by atoms with Crippen LogP contribution in [0.2, 0.25) is 0 Å². The molecule has 192 valence electrons. The van der Waals surface area contributed by atoms with Crippen molar-refractivity contribution >= 4 is 23.1 Å². The number of ketones is 1. The molecular formula is C27H23F3N2O5. The quantitative estimate of drug-likeness (QED) is 0.248. The number of alkyl halides is 3. The Morgan fingerprint density at radius 1 is 1.11 bits per heavy atom. The number of benzene rings is 2. The van der Waals surface area contributed by atoms with Gasteiger partial charge in [-0.1, -0.05) is 19.1 Å². The SMILES string of the molecule is CCCOc1ccc(/C(O)=C2\C(=O)C(=O)N(c3cccc(OC(F)(F)F)c3)C2c2cccnc2)cc1C. The number of pyridine rings is 1. The van der Waals surface area contributed by atoms with Crippen LogP contribution in [0.4, 0.5) is 18.9 Å². The fraction of sp³-hybridized carbons (Fsp3) is 0.222. The third kappa shape index (κ3) is 5.42. The Kier molecular flexibility index (Phi) is 7.19. The summed E-state index contributed by atoms with van der Waals surface area (Å²) in [6.45, 7) is 4.26. The van der Waals surface area contributed by atoms with Crippen LogP contribution in [0.5, 0.6) is 11.5 Å². The second-order valence-corrected chi connectivity index (χ2v) is 8.33. The van der Waals surface area contributed by atoms with Crippen LogP contribution in [-0.2, 0) is 9.59 Å². The Morgan fingerprint density at radius 3 is 2.54 bits per heavy atom. The molecule has 0 bridgehead atoms. The van der Waals surface area contributed by atoms with Crippen molar-refractivity contribution in [1.29, 1.82) is 0 Å². The molecule has 4 rings (SSSR count). The summed E-state index contributed by atoms with van der Waals surface area (Å²) in [5, 5.41) is 11.2. The summed E-state index contributed by atoms with van der Waals surface area (Å²) in [6, 6.07) is 11.6. The van der Waals surface area contributed by atoms with Crippen molar-refractivity contribution in [2.75, 3.05) is 11.5 Å². The lowest BCUT2D eigenvalue weighted by Gasteiger charge is -2.25. The molecule has 1 N–H and O–H groups in total. The molecule has 1 unspecified atom stereocenters. The van der Waals surface area contributed by atoms with Gasteiger partial charge in [-0.2, -0.15) is 0 Å². The number of aryl methyl sites for hydroxylation is 1. The van der Waals surface area contributed by atoms with Crippen LogP contribution in [0.25, 0.3) is 5.76 Å². The van der Waals surface area contributed by atoms with Crippen LogP contribution in [0.1, 0.15) is 36.1 Å². The van der Waals surface area contributed by atoms with Crippen LogP contribution in [-0.4, -0.2) is 34.8 Å². The maximum atomic E-state index is 13.2. The molecule has 1 aliphatic heterocycles. The molecule has 2 aromatic carbocycles. The van der Waals surface area contributed by atoms with E-state index in [9.17, 15) is 27.9 Å². The Balaban J connectivity index is 1.84. The zero-order chi connectivity index (χ0) is 26.7. The minimum Gasteiger partial charge on any atom is -0.507 e. The van der Waals surface area contributed by atoms with E-state index < -0.39 is 35.6 Å². The molecule has 7 nitrogen and oxygen atoms in total. The van der Waals surface area contributed by atoms with E-state index >= 15 is 0 Å². The van der Waals surface area contributed by atoms with Crippen LogP contribution < -0.4 is 14.4 Å². The van der Waals surface area contributed by atoms with Crippen molar-refractivity contribution in [1.82, 2.24) is 4.98 Å². The average Bonchev–Trinajstić information content (AvgIpc) is 3.13. The monoisotopic (exact) mass is 512 g/mol. The van der Waals surface area contributed by atoms with Gasteiger partial charge in [0, 0.05) is 29.7 Å². The largest absolute Gasteiger partial charge is 0.573 e. The Labute approximate surface area is 210 Å². The Morgan fingerprint density at radius 2 is 1.89 bits per heavy atom. The fourth-order valence-corrected chi connectivity index (χ4v) is 4.11. The number of amides is 1. The number of carbonyl (C=O) groups is 2. The van der Waals surface area contributed by atoms with Crippen LogP contribution in [0.15, 0.2) is 72.6 Å². The maximum absolute atomic E-state index is 13.2. The van der Waals surface area contributed by atoms with Gasteiger partial charge in [0.15, 0.2) is 0 Å². The molecule has 0 radical (unpaired) electrons. The molecule has 3 aromatic rings. The summed E-state index contributed by atoms with van der Waals surface area (Å²) >= 11 is 0. The minimum atomic E-state index is -4.94. The summed E-state index contributed by atoms with van der Waals surface area (Å²) in [5.41, 5.74) is 1.13. The first-order chi connectivity index (χ1) is 17.6. The number of anilines is 1. The molecular weight excluding hydrogens is 489 g/mol. The van der Waals surface area contributed by atoms with Crippen molar-refractivity contribution in [3.8, 4) is 11.5 Å². The number of Topliss-reactive ketones (excluding diaryl/α,β-unsaturated/α-hetero) is 1. The van der Waals surface area contributed by atoms with Gasteiger partial charge in [-0.05, 0) is 60.9 Å². The third-order valence-electron chi connectivity index (χ3n) is 5.68. The van der Waals surface area contributed by atoms with E-state index in [0.717, 1.165) is 23.5 Å². The summed E-state index contributed by atoms with van der Waals surface area (Å²) < 4.78 is 48.1. The van der Waals surface area contributed by atoms with Crippen molar-refractivity contribution in [2.45, 2.75) is 32.7 Å². The molecule has 10 heteroatoms. The number of aliphatic hydroxyl groups is 1. The van der Waals surface area contributed by atoms with Gasteiger partial charge >= 0.3 is 6.36 Å². The van der Waals surface area contributed by atoms with Gasteiger partial charge in [0.1, 0.15) is 17.3 Å². The number of hydrogen-bond acceptors (Lipinski definition) is 6. The van der Waals surface area contributed by atoms with E-state index in [1.165, 1.54) is 24.5 Å². The summed E-state index contributed by atoms with van der Waals surface area (Å²) in [6.07, 6.45) is -1.23. The fourth-order valence-electron chi connectivity index (χ4n) is 4.11. The minimum absolute atomic E-state index is 0.0174. The normalized spacial score (nSPS) is 17.2. The highest BCUT2D eigenvalue weighted by molar-refractivity contribution is 6.51. The Hall–Kier alpha value is -4.34. The molecule has 0 saturated carbocycles. The highest BCUT2D eigenvalue weighted by Crippen LogP contribution is 2.43. The van der Waals surface area contributed by atoms with Gasteiger partial charge < -0.3 is 14.6 Å². The molecule has 0 aliphatic carbocycles. The maximum Gasteiger partial charge on any atom is 0.573 e. The lowest BCUT2D eigenvalue weighted by Crippen LogP contribution is -2.29. The van der Waals surface area contributed by atoms with E-state index in [1.807, 2.05) is 6.92 Å². The van der Waals surface area contributed by atoms with Crippen LogP contribution >= 0.6 is 0 Å². The van der Waals surface area contributed by atoms with E-state index in [0.29, 0.717) is 23.5 Å². The highest BCUT2D eigenvalue weighted by Gasteiger charge is 2.47. The van der Waals surface area contributed by atoms with Crippen LogP contribution in [0.3, 0.4) is 0 Å². The molecule has 2 heterocycles. The van der Waals surface area contributed by atoms with Gasteiger partial charge in [-0.25, -0.2) is 0 Å². The third-order valence-corrected chi connectivity index (χ3v) is 5.68. The number of ether oxygens (including phenoxy) is 2. The number of halogens is 3. The molecule has 37 heavy (non-hydrogen) atoms. The number of rotatable bonds is 7. The first-order valence-corrected chi connectivity index (χ1v) is 11.4. The summed E-state index contributed by atoms with van der Waals surface area (Å²) in [5.74, 6) is -2.38. The topological polar surface area (TPSA) is 89.0 Å².